The maximum Gasteiger partial charge on any atom is 0.305 e. The van der Waals surface area contributed by atoms with Gasteiger partial charge in [0.05, 0.1) is 36.7 Å². The first-order valence-electron chi connectivity index (χ1n) is 15.5. The van der Waals surface area contributed by atoms with Gasteiger partial charge in [-0.3, -0.25) is 9.59 Å². The van der Waals surface area contributed by atoms with E-state index < -0.39 is 0 Å². The van der Waals surface area contributed by atoms with E-state index >= 15 is 0 Å². The summed E-state index contributed by atoms with van der Waals surface area (Å²) in [5.74, 6) is -0.679. The Hall–Kier alpha value is -4.71. The third-order valence-electron chi connectivity index (χ3n) is 9.02. The van der Waals surface area contributed by atoms with Crippen LogP contribution in [0, 0.1) is 13.8 Å². The number of ether oxygens (including phenoxy) is 2. The maximum absolute atomic E-state index is 12.2. The van der Waals surface area contributed by atoms with Crippen LogP contribution in [0.15, 0.2) is 30.0 Å². The zero-order chi connectivity index (χ0) is 34.9. The molecule has 0 atom stereocenters. The molecule has 5 heterocycles. The zero-order valence-corrected chi connectivity index (χ0v) is 29.7. The Kier molecular flexibility index (Phi) is 11.5. The number of carbonyl (C=O) groups excluding carboxylic acids is 2. The molecule has 0 radical (unpaired) electrons. The van der Waals surface area contributed by atoms with Gasteiger partial charge in [-0.1, -0.05) is 54.0 Å². The Bertz CT molecular complexity index is 2190. The van der Waals surface area contributed by atoms with E-state index in [0.29, 0.717) is 79.5 Å². The second-order valence-electron chi connectivity index (χ2n) is 11.8. The molecule has 3 aromatic rings. The predicted octanol–water partition coefficient (Wildman–Crippen LogP) is 5.43. The smallest absolute Gasteiger partial charge is 0.305 e. The van der Waals surface area contributed by atoms with E-state index in [1.165, 1.54) is 14.2 Å². The molecule has 8 bridgehead atoms. The molecule has 0 unspecified atom stereocenters. The first-order chi connectivity index (χ1) is 22.9. The molecule has 0 spiro atoms. The van der Waals surface area contributed by atoms with Gasteiger partial charge in [0, 0.05) is 29.3 Å². The van der Waals surface area contributed by atoms with Crippen LogP contribution in [-0.4, -0.2) is 46.5 Å². The van der Waals surface area contributed by atoms with Crippen molar-refractivity contribution in [3.8, 4) is 0 Å². The molecule has 0 saturated heterocycles. The summed E-state index contributed by atoms with van der Waals surface area (Å²) in [6.07, 6.45) is 1.08. The van der Waals surface area contributed by atoms with Crippen LogP contribution in [-0.2, 0) is 42.0 Å². The van der Waals surface area contributed by atoms with Crippen LogP contribution in [0.4, 0.5) is 0 Å². The molecule has 2 aliphatic heterocycles. The van der Waals surface area contributed by atoms with Gasteiger partial charge in [-0.05, 0) is 68.9 Å². The summed E-state index contributed by atoms with van der Waals surface area (Å²) < 4.78 is 9.85. The molecule has 3 aromatic heterocycles. The number of carbonyl (C=O) groups is 2. The van der Waals surface area contributed by atoms with Gasteiger partial charge in [0.15, 0.2) is 0 Å². The molecule has 12 nitrogen and oxygen atoms in total. The Labute approximate surface area is 293 Å². The average Bonchev–Trinajstić information content (AvgIpc) is 3.74. The summed E-state index contributed by atoms with van der Waals surface area (Å²) in [7, 11) is 2.72. The number of nitrogens with zero attached hydrogens (tertiary/aromatic N) is 6. The van der Waals surface area contributed by atoms with Crippen molar-refractivity contribution >= 4 is 62.0 Å². The average molecular weight is 709 g/mol. The molecule has 13 heteroatoms. The van der Waals surface area contributed by atoms with Gasteiger partial charge < -0.3 is 40.8 Å². The van der Waals surface area contributed by atoms with E-state index in [4.69, 9.17) is 29.4 Å². The number of hydrogen-bond acceptors (Lipinski definition) is 8. The fraction of sp³-hybridized carbons (Fsp3) is 0.333. The summed E-state index contributed by atoms with van der Waals surface area (Å²) in [6, 6.07) is 7.43. The number of aryl methyl sites for hydroxylation is 3. The SMILES string of the molecule is COC(=O)CCC1=C(C)c2cc3nc(cc4[n-]c(cc5[n-]c(cc1n2)c(CCC(=O)OC)c5C)c(C)/c4=C(/C)[N-]O)=C(C)/C3=C(/C)[N-]O.[Ni]. The largest absolute Gasteiger partial charge is 0.657 e. The standard InChI is InChI=1S/C36H38N6O6.Ni/c1-17-23(9-11-33(43)47-7)29-16-30-24(10-12-34(44)48-8)18(2)26(38-30)14-31-36(22(6)42-46)20(4)28(40-31)15-32-35(21(5)41-45)19(3)27(39-32)13-25(17)37-29;/h13-16H,9-12H2,1-8H3,(H2-4,37,38,39,40,41,42,45,46);/q-4;. The van der Waals surface area contributed by atoms with Crippen LogP contribution >= 0.6 is 0 Å². The molecule has 2 N–H and O–H groups in total. The Morgan fingerprint density at radius 3 is 1.96 bits per heavy atom. The van der Waals surface area contributed by atoms with E-state index in [1.54, 1.807) is 13.8 Å². The third kappa shape index (κ3) is 7.19. The van der Waals surface area contributed by atoms with Crippen molar-refractivity contribution in [3.63, 3.8) is 0 Å². The van der Waals surface area contributed by atoms with Gasteiger partial charge >= 0.3 is 11.9 Å². The second kappa shape index (κ2) is 15.2. The molecule has 0 fully saturated rings. The minimum atomic E-state index is -0.341. The predicted molar refractivity (Wildman–Crippen MR) is 183 cm³/mol. The summed E-state index contributed by atoms with van der Waals surface area (Å²) in [4.78, 5) is 44.3. The van der Waals surface area contributed by atoms with Crippen LogP contribution in [0.5, 0.6) is 0 Å². The molecule has 0 amide bonds. The quantitative estimate of drug-likeness (QED) is 0.174. The summed E-state index contributed by atoms with van der Waals surface area (Å²) in [5, 5.41) is 20.9. The summed E-state index contributed by atoms with van der Waals surface area (Å²) >= 11 is 0. The maximum atomic E-state index is 12.2. The normalized spacial score (nSPS) is 14.3. The van der Waals surface area contributed by atoms with Crippen LogP contribution < -0.4 is 20.5 Å². The minimum absolute atomic E-state index is 0. The van der Waals surface area contributed by atoms with E-state index in [-0.39, 0.29) is 41.3 Å². The second-order valence-corrected chi connectivity index (χ2v) is 11.8. The number of hydrogen-bond donors (Lipinski definition) is 2. The van der Waals surface area contributed by atoms with Crippen molar-refractivity contribution in [2.75, 3.05) is 14.2 Å². The van der Waals surface area contributed by atoms with E-state index in [1.807, 2.05) is 52.0 Å². The van der Waals surface area contributed by atoms with Crippen molar-refractivity contribution in [2.24, 2.45) is 0 Å². The van der Waals surface area contributed by atoms with Gasteiger partial charge in [-0.2, -0.15) is 0 Å². The van der Waals surface area contributed by atoms with Crippen LogP contribution in [0.3, 0.4) is 0 Å². The Balaban J connectivity index is 0.00000541. The monoisotopic (exact) mass is 708 g/mol. The topological polar surface area (TPSA) is 175 Å². The number of aromatic nitrogens is 4. The van der Waals surface area contributed by atoms with Gasteiger partial charge in [0.25, 0.3) is 0 Å². The number of esters is 2. The Morgan fingerprint density at radius 1 is 0.714 bits per heavy atom. The first-order valence-corrected chi connectivity index (χ1v) is 15.5. The zero-order valence-electron chi connectivity index (χ0n) is 28.7. The molecular weight excluding hydrogens is 671 g/mol. The van der Waals surface area contributed by atoms with Crippen molar-refractivity contribution in [2.45, 2.75) is 67.2 Å². The summed E-state index contributed by atoms with van der Waals surface area (Å²) in [5.41, 5.74) is 17.7. The number of hydroxylamine groups is 2. The Morgan fingerprint density at radius 2 is 1.33 bits per heavy atom. The van der Waals surface area contributed by atoms with Crippen LogP contribution in [0.1, 0.15) is 80.7 Å². The molecular formula is C36H38N6NiO6-4. The van der Waals surface area contributed by atoms with Crippen molar-refractivity contribution in [1.82, 2.24) is 19.9 Å². The first kappa shape index (κ1) is 37.1. The molecule has 0 saturated carbocycles. The number of allylic oxidation sites excluding steroid dienone is 4. The van der Waals surface area contributed by atoms with E-state index in [2.05, 4.69) is 11.0 Å². The molecule has 262 valence electrons. The van der Waals surface area contributed by atoms with Crippen molar-refractivity contribution in [3.05, 3.63) is 85.3 Å². The summed E-state index contributed by atoms with van der Waals surface area (Å²) in [6.45, 7) is 11.1. The molecule has 0 aliphatic carbocycles. The van der Waals surface area contributed by atoms with Gasteiger partial charge in [0.2, 0.25) is 0 Å². The van der Waals surface area contributed by atoms with E-state index in [0.717, 1.165) is 33.4 Å². The number of fused-ring (bicyclic) bond motifs is 8. The van der Waals surface area contributed by atoms with Crippen LogP contribution in [0.25, 0.3) is 61.0 Å². The fourth-order valence-corrected chi connectivity index (χ4v) is 6.27. The van der Waals surface area contributed by atoms with Gasteiger partial charge in [-0.25, -0.2) is 9.97 Å². The molecule has 49 heavy (non-hydrogen) atoms. The number of rotatable bonds is 8. The van der Waals surface area contributed by atoms with Gasteiger partial charge in [0.1, 0.15) is 0 Å². The van der Waals surface area contributed by atoms with Crippen molar-refractivity contribution in [1.29, 1.82) is 0 Å². The minimum Gasteiger partial charge on any atom is -0.657 e. The van der Waals surface area contributed by atoms with Crippen LogP contribution in [0.2, 0.25) is 0 Å². The van der Waals surface area contributed by atoms with Gasteiger partial charge in [-0.15, -0.1) is 33.5 Å². The van der Waals surface area contributed by atoms with E-state index in [9.17, 15) is 20.0 Å². The molecule has 5 rings (SSSR count). The molecule has 2 aliphatic rings. The van der Waals surface area contributed by atoms with Crippen molar-refractivity contribution < 1.29 is 46.0 Å². The third-order valence-corrected chi connectivity index (χ3v) is 9.02. The number of methoxy groups -OCH3 is 2. The fourth-order valence-electron chi connectivity index (χ4n) is 6.27. The molecule has 0 aromatic carbocycles.